The predicted molar refractivity (Wildman–Crippen MR) is 56.5 cm³/mol. The Morgan fingerprint density at radius 2 is 1.16 bits per heavy atom. The molecular weight excluding hydrogens is 268 g/mol. The van der Waals surface area contributed by atoms with Crippen LogP contribution in [0, 0.1) is 40.5 Å². The lowest BCUT2D eigenvalue weighted by Crippen LogP contribution is -2.22. The smallest absolute Gasteiger partial charge is 0.258 e. The lowest BCUT2D eigenvalue weighted by Gasteiger charge is -2.03. The van der Waals surface area contributed by atoms with E-state index in [-0.39, 0.29) is 0 Å². The van der Waals surface area contributed by atoms with Crippen LogP contribution in [0.1, 0.15) is 11.7 Å². The van der Waals surface area contributed by atoms with Crippen molar-refractivity contribution in [1.29, 1.82) is 0 Å². The van der Waals surface area contributed by atoms with E-state index < -0.39 is 42.8 Å². The van der Waals surface area contributed by atoms with Gasteiger partial charge < -0.3 is 0 Å². The first kappa shape index (κ1) is 13.9. The maximum atomic E-state index is 10.7. The van der Waals surface area contributed by atoms with E-state index in [0.717, 1.165) is 18.2 Å². The topological polar surface area (TPSA) is 173 Å². The summed E-state index contributed by atoms with van der Waals surface area (Å²) in [5.74, 6) is 0. The average Bonchev–Trinajstić information content (AvgIpc) is 2.27. The van der Waals surface area contributed by atoms with Crippen LogP contribution in [0.15, 0.2) is 18.2 Å². The van der Waals surface area contributed by atoms with E-state index in [4.69, 9.17) is 0 Å². The molecule has 0 atom stereocenters. The van der Waals surface area contributed by atoms with Crippen molar-refractivity contribution in [3.8, 4) is 0 Å². The van der Waals surface area contributed by atoms with Crippen LogP contribution in [0.5, 0.6) is 0 Å². The van der Waals surface area contributed by atoms with E-state index in [9.17, 15) is 40.5 Å². The number of nitro benzene ring substituents is 2. The molecule has 0 aliphatic carbocycles. The van der Waals surface area contributed by atoms with Crippen LogP contribution in [-0.2, 0) is 0 Å². The summed E-state index contributed by atoms with van der Waals surface area (Å²) in [6.45, 7) is 0. The van der Waals surface area contributed by atoms with Crippen molar-refractivity contribution in [3.05, 3.63) is 64.2 Å². The first-order valence-electron chi connectivity index (χ1n) is 4.46. The zero-order valence-corrected chi connectivity index (χ0v) is 8.86. The van der Waals surface area contributed by atoms with Gasteiger partial charge in [-0.05, 0) is 6.07 Å². The van der Waals surface area contributed by atoms with Gasteiger partial charge in [0.2, 0.25) is 0 Å². The molecule has 0 amide bonds. The number of rotatable bonds is 5. The average molecular weight is 272 g/mol. The van der Waals surface area contributed by atoms with E-state index in [0.29, 0.717) is 0 Å². The Kier molecular flexibility index (Phi) is 3.65. The van der Waals surface area contributed by atoms with Gasteiger partial charge in [-0.1, -0.05) is 0 Å². The zero-order valence-electron chi connectivity index (χ0n) is 8.86. The van der Waals surface area contributed by atoms with Gasteiger partial charge in [-0.25, -0.2) is 0 Å². The van der Waals surface area contributed by atoms with Crippen LogP contribution in [0.2, 0.25) is 0 Å². The molecule has 0 heterocycles. The highest BCUT2D eigenvalue weighted by Gasteiger charge is 2.47. The Balaban J connectivity index is 3.69. The molecule has 0 aliphatic heterocycles. The Labute approximate surface area is 102 Å². The van der Waals surface area contributed by atoms with Crippen molar-refractivity contribution in [3.63, 3.8) is 0 Å². The summed E-state index contributed by atoms with van der Waals surface area (Å²) in [7, 11) is 0. The molecule has 0 radical (unpaired) electrons. The first-order chi connectivity index (χ1) is 8.77. The molecule has 0 saturated heterocycles. The van der Waals surface area contributed by atoms with Crippen LogP contribution in [-0.4, -0.2) is 19.7 Å². The third-order valence-electron chi connectivity index (χ3n) is 2.11. The van der Waals surface area contributed by atoms with Gasteiger partial charge in [0, 0.05) is 12.1 Å². The molecule has 19 heavy (non-hydrogen) atoms. The van der Waals surface area contributed by atoms with Crippen molar-refractivity contribution < 1.29 is 19.7 Å². The number of nitro groups is 4. The van der Waals surface area contributed by atoms with Gasteiger partial charge in [-0.2, -0.15) is 0 Å². The second-order valence-corrected chi connectivity index (χ2v) is 3.17. The fraction of sp³-hybridized carbons (Fsp3) is 0.143. The molecule has 0 N–H and O–H groups in total. The Bertz CT molecular complexity index is 538. The van der Waals surface area contributed by atoms with Gasteiger partial charge in [0.05, 0.1) is 9.85 Å². The summed E-state index contributed by atoms with van der Waals surface area (Å²) in [5.41, 5.74) is -3.26. The van der Waals surface area contributed by atoms with Crippen LogP contribution in [0.25, 0.3) is 0 Å². The molecule has 1 rings (SSSR count). The largest absolute Gasteiger partial charge is 0.490 e. The molecule has 0 aliphatic rings. The summed E-state index contributed by atoms with van der Waals surface area (Å²) < 4.78 is 0. The van der Waals surface area contributed by atoms with E-state index in [1.54, 1.807) is 0 Å². The van der Waals surface area contributed by atoms with Crippen LogP contribution >= 0.6 is 0 Å². The quantitative estimate of drug-likeness (QED) is 0.434. The molecule has 0 unspecified atom stereocenters. The summed E-state index contributed by atoms with van der Waals surface area (Å²) in [5, 5.41) is 42.6. The first-order valence-corrected chi connectivity index (χ1v) is 4.46. The maximum absolute atomic E-state index is 10.7. The van der Waals surface area contributed by atoms with Gasteiger partial charge in [0.1, 0.15) is 9.85 Å². The fourth-order valence-electron chi connectivity index (χ4n) is 1.41. The molecule has 12 nitrogen and oxygen atoms in total. The summed E-state index contributed by atoms with van der Waals surface area (Å²) in [6, 6.07) is 2.36. The second kappa shape index (κ2) is 4.99. The third kappa shape index (κ3) is 2.56. The summed E-state index contributed by atoms with van der Waals surface area (Å²) in [4.78, 5) is 37.4. The van der Waals surface area contributed by atoms with Crippen molar-refractivity contribution in [1.82, 2.24) is 0 Å². The lowest BCUT2D eigenvalue weighted by molar-refractivity contribution is -0.753. The van der Waals surface area contributed by atoms with Crippen molar-refractivity contribution in [2.75, 3.05) is 0 Å². The third-order valence-corrected chi connectivity index (χ3v) is 2.11. The molecular formula is C7H4N4O8. The van der Waals surface area contributed by atoms with Gasteiger partial charge >= 0.3 is 6.17 Å². The van der Waals surface area contributed by atoms with E-state index >= 15 is 0 Å². The SMILES string of the molecule is O=[N+]([O-])c1cccc([N+](=O)[O-])c1C([N+](=O)[O-])[N+](=O)[O-]. The lowest BCUT2D eigenvalue weighted by atomic mass is 10.1. The second-order valence-electron chi connectivity index (χ2n) is 3.17. The maximum Gasteiger partial charge on any atom is 0.490 e. The van der Waals surface area contributed by atoms with E-state index in [2.05, 4.69) is 0 Å². The number of nitrogens with zero attached hydrogens (tertiary/aromatic N) is 4. The summed E-state index contributed by atoms with van der Waals surface area (Å²) >= 11 is 0. The highest BCUT2D eigenvalue weighted by Crippen LogP contribution is 2.35. The Morgan fingerprint density at radius 1 is 0.789 bits per heavy atom. The molecule has 0 aromatic heterocycles. The van der Waals surface area contributed by atoms with Gasteiger partial charge in [-0.15, -0.1) is 0 Å². The highest BCUT2D eigenvalue weighted by atomic mass is 16.7. The molecule has 1 aromatic rings. The minimum absolute atomic E-state index is 0.725. The molecule has 0 fully saturated rings. The Morgan fingerprint density at radius 3 is 1.42 bits per heavy atom. The van der Waals surface area contributed by atoms with Crippen LogP contribution in [0.3, 0.4) is 0 Å². The molecule has 100 valence electrons. The van der Waals surface area contributed by atoms with Gasteiger partial charge in [0.25, 0.3) is 16.9 Å². The minimum Gasteiger partial charge on any atom is -0.258 e. The molecule has 0 saturated carbocycles. The normalized spacial score (nSPS) is 10.2. The van der Waals surface area contributed by atoms with E-state index in [1.807, 2.05) is 0 Å². The summed E-state index contributed by atoms with van der Waals surface area (Å²) in [6.07, 6.45) is -2.78. The molecule has 12 heteroatoms. The number of benzene rings is 1. The predicted octanol–water partition coefficient (Wildman–Crippen LogP) is 1.05. The Hall–Kier alpha value is -3.18. The minimum atomic E-state index is -2.78. The number of hydrogen-bond acceptors (Lipinski definition) is 8. The monoisotopic (exact) mass is 272 g/mol. The van der Waals surface area contributed by atoms with Crippen molar-refractivity contribution in [2.45, 2.75) is 6.17 Å². The molecule has 1 aromatic carbocycles. The van der Waals surface area contributed by atoms with Crippen LogP contribution in [0.4, 0.5) is 11.4 Å². The van der Waals surface area contributed by atoms with Crippen molar-refractivity contribution >= 4 is 11.4 Å². The number of hydrogen-bond donors (Lipinski definition) is 0. The standard InChI is InChI=1S/C7H4N4O8/c12-8(13)4-2-1-3-5(9(14)15)6(4)7(10(16)17)11(18)19/h1-3,7H. The zero-order chi connectivity index (χ0) is 14.7. The highest BCUT2D eigenvalue weighted by molar-refractivity contribution is 5.54. The van der Waals surface area contributed by atoms with Crippen LogP contribution < -0.4 is 0 Å². The molecule has 0 bridgehead atoms. The van der Waals surface area contributed by atoms with E-state index in [1.165, 1.54) is 0 Å². The molecule has 0 spiro atoms. The fourth-order valence-corrected chi connectivity index (χ4v) is 1.41. The van der Waals surface area contributed by atoms with Gasteiger partial charge in [-0.3, -0.25) is 40.5 Å². The van der Waals surface area contributed by atoms with Gasteiger partial charge in [0.15, 0.2) is 0 Å². The van der Waals surface area contributed by atoms with Crippen molar-refractivity contribution in [2.24, 2.45) is 0 Å².